The minimum absolute atomic E-state index is 0.0775. The molecule has 2 aliphatic rings. The molecule has 7 nitrogen and oxygen atoms in total. The van der Waals surface area contributed by atoms with E-state index >= 15 is 0 Å². The average molecular weight is 458 g/mol. The smallest absolute Gasteiger partial charge is 0.229 e. The Morgan fingerprint density at radius 2 is 1.65 bits per heavy atom. The van der Waals surface area contributed by atoms with Crippen molar-refractivity contribution in [3.05, 3.63) is 78.4 Å². The van der Waals surface area contributed by atoms with E-state index in [0.29, 0.717) is 42.6 Å². The Kier molecular flexibility index (Phi) is 6.08. The number of anilines is 3. The highest BCUT2D eigenvalue weighted by Crippen LogP contribution is 2.36. The predicted octanol–water partition coefficient (Wildman–Crippen LogP) is 4.62. The summed E-state index contributed by atoms with van der Waals surface area (Å²) >= 11 is 0. The van der Waals surface area contributed by atoms with Gasteiger partial charge in [-0.1, -0.05) is 30.3 Å². The van der Waals surface area contributed by atoms with Gasteiger partial charge in [0.1, 0.15) is 13.2 Å². The number of carbonyl (C=O) groups excluding carboxylic acids is 2. The molecule has 0 radical (unpaired) electrons. The number of ether oxygens (including phenoxy) is 2. The second kappa shape index (κ2) is 9.47. The first-order chi connectivity index (χ1) is 16.6. The summed E-state index contributed by atoms with van der Waals surface area (Å²) in [6.07, 6.45) is 0.175. The van der Waals surface area contributed by atoms with Gasteiger partial charge in [-0.25, -0.2) is 0 Å². The van der Waals surface area contributed by atoms with E-state index in [4.69, 9.17) is 9.47 Å². The Hall–Kier alpha value is -4.00. The van der Waals surface area contributed by atoms with E-state index in [0.717, 1.165) is 5.69 Å². The number of hydrogen-bond acceptors (Lipinski definition) is 5. The molecule has 3 aromatic carbocycles. The summed E-state index contributed by atoms with van der Waals surface area (Å²) in [4.78, 5) is 27.1. The highest BCUT2D eigenvalue weighted by molar-refractivity contribution is 6.03. The van der Waals surface area contributed by atoms with E-state index in [9.17, 15) is 9.59 Å². The third-order valence-corrected chi connectivity index (χ3v) is 6.17. The van der Waals surface area contributed by atoms with Gasteiger partial charge < -0.3 is 25.0 Å². The number of rotatable bonds is 6. The fraction of sp³-hybridized carbons (Fsp3) is 0.259. The van der Waals surface area contributed by atoms with Gasteiger partial charge in [0, 0.05) is 42.1 Å². The summed E-state index contributed by atoms with van der Waals surface area (Å²) in [7, 11) is 0. The van der Waals surface area contributed by atoms with Gasteiger partial charge in [0.25, 0.3) is 0 Å². The summed E-state index contributed by atoms with van der Waals surface area (Å²) in [5.74, 6) is 0.640. The first-order valence-corrected chi connectivity index (χ1v) is 11.5. The lowest BCUT2D eigenvalue weighted by Gasteiger charge is -2.22. The molecule has 174 valence electrons. The Morgan fingerprint density at radius 3 is 2.41 bits per heavy atom. The fourth-order valence-electron chi connectivity index (χ4n) is 4.30. The molecule has 2 aliphatic heterocycles. The molecule has 3 aromatic rings. The molecule has 2 amide bonds. The van der Waals surface area contributed by atoms with Crippen LogP contribution in [-0.4, -0.2) is 31.6 Å². The molecule has 2 unspecified atom stereocenters. The Bertz CT molecular complexity index is 1180. The second-order valence-electron chi connectivity index (χ2n) is 8.58. The van der Waals surface area contributed by atoms with Crippen LogP contribution in [0.2, 0.25) is 0 Å². The molecular formula is C27H27N3O4. The second-order valence-corrected chi connectivity index (χ2v) is 8.58. The normalized spacial score (nSPS) is 17.9. The minimum atomic E-state index is -0.420. The standard InChI is InChI=1S/C27H27N3O4/c1-18(19-5-3-2-4-6-19)28-21-7-9-22(10-8-21)29-27(32)20-15-26(31)30(17-20)23-11-12-24-25(16-23)34-14-13-33-24/h2-12,16,18,20,28H,13-15,17H2,1H3,(H,29,32). The lowest BCUT2D eigenvalue weighted by molar-refractivity contribution is -0.122. The zero-order chi connectivity index (χ0) is 23.5. The molecular weight excluding hydrogens is 430 g/mol. The first-order valence-electron chi connectivity index (χ1n) is 11.5. The van der Waals surface area contributed by atoms with E-state index in [1.165, 1.54) is 5.56 Å². The molecule has 1 saturated heterocycles. The molecule has 2 N–H and O–H groups in total. The molecule has 1 fully saturated rings. The van der Waals surface area contributed by atoms with Crippen molar-refractivity contribution in [1.82, 2.24) is 0 Å². The van der Waals surface area contributed by atoms with Crippen LogP contribution in [0.15, 0.2) is 72.8 Å². The maximum absolute atomic E-state index is 12.9. The van der Waals surface area contributed by atoms with Gasteiger partial charge in [-0.3, -0.25) is 9.59 Å². The lowest BCUT2D eigenvalue weighted by atomic mass is 10.1. The van der Waals surface area contributed by atoms with E-state index in [2.05, 4.69) is 29.7 Å². The van der Waals surface area contributed by atoms with Crippen molar-refractivity contribution >= 4 is 28.9 Å². The number of benzene rings is 3. The van der Waals surface area contributed by atoms with Crippen LogP contribution in [0, 0.1) is 5.92 Å². The van der Waals surface area contributed by atoms with Crippen LogP contribution < -0.4 is 25.0 Å². The third-order valence-electron chi connectivity index (χ3n) is 6.17. The summed E-state index contributed by atoms with van der Waals surface area (Å²) < 4.78 is 11.2. The summed E-state index contributed by atoms with van der Waals surface area (Å²) in [6.45, 7) is 3.43. The maximum Gasteiger partial charge on any atom is 0.229 e. The largest absolute Gasteiger partial charge is 0.486 e. The molecule has 2 atom stereocenters. The van der Waals surface area contributed by atoms with Crippen LogP contribution in [0.3, 0.4) is 0 Å². The Balaban J connectivity index is 1.19. The SMILES string of the molecule is CC(Nc1ccc(NC(=O)C2CC(=O)N(c3ccc4c(c3)OCCO4)C2)cc1)c1ccccc1. The fourth-order valence-corrected chi connectivity index (χ4v) is 4.30. The monoisotopic (exact) mass is 457 g/mol. The molecule has 0 saturated carbocycles. The number of carbonyl (C=O) groups is 2. The number of amides is 2. The molecule has 0 aromatic heterocycles. The van der Waals surface area contributed by atoms with Crippen molar-refractivity contribution in [1.29, 1.82) is 0 Å². The molecule has 7 heteroatoms. The zero-order valence-electron chi connectivity index (χ0n) is 19.0. The summed E-state index contributed by atoms with van der Waals surface area (Å²) in [6, 6.07) is 23.4. The maximum atomic E-state index is 12.9. The number of nitrogens with zero attached hydrogens (tertiary/aromatic N) is 1. The van der Waals surface area contributed by atoms with E-state index < -0.39 is 5.92 Å². The molecule has 5 rings (SSSR count). The van der Waals surface area contributed by atoms with E-state index in [-0.39, 0.29) is 24.3 Å². The van der Waals surface area contributed by atoms with Crippen molar-refractivity contribution in [3.63, 3.8) is 0 Å². The third kappa shape index (κ3) is 4.69. The quantitative estimate of drug-likeness (QED) is 0.565. The van der Waals surface area contributed by atoms with Gasteiger partial charge in [-0.05, 0) is 48.9 Å². The van der Waals surface area contributed by atoms with Crippen molar-refractivity contribution in [2.75, 3.05) is 35.3 Å². The number of hydrogen-bond donors (Lipinski definition) is 2. The van der Waals surface area contributed by atoms with Crippen LogP contribution in [-0.2, 0) is 9.59 Å². The van der Waals surface area contributed by atoms with Crippen LogP contribution >= 0.6 is 0 Å². The van der Waals surface area contributed by atoms with E-state index in [1.807, 2.05) is 48.5 Å². The molecule has 34 heavy (non-hydrogen) atoms. The van der Waals surface area contributed by atoms with Gasteiger partial charge in [0.15, 0.2) is 11.5 Å². The van der Waals surface area contributed by atoms with Gasteiger partial charge in [0.05, 0.1) is 5.92 Å². The van der Waals surface area contributed by atoms with Crippen LogP contribution in [0.1, 0.15) is 24.9 Å². The van der Waals surface area contributed by atoms with Crippen LogP contribution in [0.25, 0.3) is 0 Å². The summed E-state index contributed by atoms with van der Waals surface area (Å²) in [5.41, 5.74) is 3.59. The lowest BCUT2D eigenvalue weighted by Crippen LogP contribution is -2.28. The van der Waals surface area contributed by atoms with Gasteiger partial charge in [0.2, 0.25) is 11.8 Å². The Morgan fingerprint density at radius 1 is 0.941 bits per heavy atom. The molecule has 0 aliphatic carbocycles. The first kappa shape index (κ1) is 21.8. The predicted molar refractivity (Wildman–Crippen MR) is 131 cm³/mol. The topological polar surface area (TPSA) is 79.9 Å². The van der Waals surface area contributed by atoms with Gasteiger partial charge >= 0.3 is 0 Å². The van der Waals surface area contributed by atoms with Gasteiger partial charge in [-0.15, -0.1) is 0 Å². The molecule has 0 spiro atoms. The zero-order valence-corrected chi connectivity index (χ0v) is 19.0. The number of nitrogens with one attached hydrogen (secondary N) is 2. The van der Waals surface area contributed by atoms with Crippen molar-refractivity contribution in [2.24, 2.45) is 5.92 Å². The highest BCUT2D eigenvalue weighted by Gasteiger charge is 2.35. The van der Waals surface area contributed by atoms with Crippen molar-refractivity contribution in [3.8, 4) is 11.5 Å². The molecule has 2 heterocycles. The highest BCUT2D eigenvalue weighted by atomic mass is 16.6. The average Bonchev–Trinajstić information content (AvgIpc) is 3.27. The van der Waals surface area contributed by atoms with Crippen LogP contribution in [0.5, 0.6) is 11.5 Å². The van der Waals surface area contributed by atoms with E-state index in [1.54, 1.807) is 17.0 Å². The molecule has 0 bridgehead atoms. The summed E-state index contributed by atoms with van der Waals surface area (Å²) in [5, 5.41) is 6.41. The van der Waals surface area contributed by atoms with Gasteiger partial charge in [-0.2, -0.15) is 0 Å². The van der Waals surface area contributed by atoms with Crippen molar-refractivity contribution in [2.45, 2.75) is 19.4 Å². The minimum Gasteiger partial charge on any atom is -0.486 e. The van der Waals surface area contributed by atoms with Crippen LogP contribution in [0.4, 0.5) is 17.1 Å². The Labute approximate surface area is 198 Å². The number of fused-ring (bicyclic) bond motifs is 1. The van der Waals surface area contributed by atoms with Crippen molar-refractivity contribution < 1.29 is 19.1 Å².